The Morgan fingerprint density at radius 1 is 1.05 bits per heavy atom. The first-order valence-corrected chi connectivity index (χ1v) is 7.67. The number of nitrogens with one attached hydrogen (secondary N) is 1. The normalized spacial score (nSPS) is 22.8. The molecule has 1 N–H and O–H groups in total. The lowest BCUT2D eigenvalue weighted by Crippen LogP contribution is -2.47. The summed E-state index contributed by atoms with van der Waals surface area (Å²) >= 11 is 0. The summed E-state index contributed by atoms with van der Waals surface area (Å²) in [5.41, 5.74) is 0.480. The van der Waals surface area contributed by atoms with Crippen LogP contribution in [0, 0.1) is 5.92 Å². The van der Waals surface area contributed by atoms with Crippen LogP contribution < -0.4 is 5.32 Å². The van der Waals surface area contributed by atoms with Gasteiger partial charge in [-0.2, -0.15) is 13.2 Å². The molecule has 0 spiro atoms. The quantitative estimate of drug-likeness (QED) is 0.919. The molecule has 1 saturated heterocycles. The van der Waals surface area contributed by atoms with E-state index in [0.29, 0.717) is 5.92 Å². The summed E-state index contributed by atoms with van der Waals surface area (Å²) in [6, 6.07) is 6.08. The molecule has 2 fully saturated rings. The molecule has 116 valence electrons. The Labute approximate surface area is 123 Å². The van der Waals surface area contributed by atoms with Crippen molar-refractivity contribution in [2.45, 2.75) is 31.5 Å². The highest BCUT2D eigenvalue weighted by Crippen LogP contribution is 2.42. The van der Waals surface area contributed by atoms with Gasteiger partial charge in [0.1, 0.15) is 0 Å². The summed E-state index contributed by atoms with van der Waals surface area (Å²) in [7, 11) is 0. The minimum atomic E-state index is -4.25. The fraction of sp³-hybridized carbons (Fsp3) is 0.625. The van der Waals surface area contributed by atoms with E-state index in [1.807, 2.05) is 0 Å². The second kappa shape index (κ2) is 5.97. The van der Waals surface area contributed by atoms with Gasteiger partial charge in [-0.3, -0.25) is 4.90 Å². The van der Waals surface area contributed by atoms with E-state index in [1.54, 1.807) is 12.1 Å². The van der Waals surface area contributed by atoms with Gasteiger partial charge in [-0.25, -0.2) is 0 Å². The predicted octanol–water partition coefficient (Wildman–Crippen LogP) is 3.45. The van der Waals surface area contributed by atoms with Crippen LogP contribution >= 0.6 is 0 Å². The van der Waals surface area contributed by atoms with Crippen molar-refractivity contribution in [3.05, 3.63) is 35.4 Å². The summed E-state index contributed by atoms with van der Waals surface area (Å²) in [4.78, 5) is 2.43. The van der Waals surface area contributed by atoms with Crippen molar-refractivity contribution in [2.24, 2.45) is 5.92 Å². The predicted molar refractivity (Wildman–Crippen MR) is 76.0 cm³/mol. The molecule has 1 aliphatic heterocycles. The molecule has 1 aromatic carbocycles. The number of nitrogens with zero attached hydrogens (tertiary/aromatic N) is 1. The van der Waals surface area contributed by atoms with Gasteiger partial charge in [0.25, 0.3) is 0 Å². The molecular weight excluding hydrogens is 277 g/mol. The van der Waals surface area contributed by atoms with Crippen LogP contribution in [0.15, 0.2) is 24.3 Å². The van der Waals surface area contributed by atoms with E-state index in [-0.39, 0.29) is 6.04 Å². The minimum Gasteiger partial charge on any atom is -0.314 e. The highest BCUT2D eigenvalue weighted by atomic mass is 19.4. The highest BCUT2D eigenvalue weighted by molar-refractivity contribution is 5.27. The first-order chi connectivity index (χ1) is 10.1. The number of hydrogen-bond acceptors (Lipinski definition) is 2. The topological polar surface area (TPSA) is 15.3 Å². The summed E-state index contributed by atoms with van der Waals surface area (Å²) in [6.45, 7) is 3.87. The molecule has 0 radical (unpaired) electrons. The fourth-order valence-corrected chi connectivity index (χ4v) is 3.37. The average molecular weight is 298 g/mol. The lowest BCUT2D eigenvalue weighted by Gasteiger charge is -2.43. The molecule has 5 heteroatoms. The number of halogens is 3. The van der Waals surface area contributed by atoms with Crippen LogP contribution in [0.1, 0.15) is 36.4 Å². The van der Waals surface area contributed by atoms with Crippen LogP contribution in [-0.2, 0) is 6.18 Å². The molecule has 0 amide bonds. The Kier molecular flexibility index (Phi) is 4.22. The van der Waals surface area contributed by atoms with Crippen LogP contribution in [-0.4, -0.2) is 31.1 Å². The van der Waals surface area contributed by atoms with E-state index in [9.17, 15) is 13.2 Å². The molecule has 2 nitrogen and oxygen atoms in total. The van der Waals surface area contributed by atoms with Crippen LogP contribution in [0.5, 0.6) is 0 Å². The number of piperazine rings is 1. The van der Waals surface area contributed by atoms with Crippen molar-refractivity contribution in [3.63, 3.8) is 0 Å². The number of hydrogen-bond donors (Lipinski definition) is 1. The van der Waals surface area contributed by atoms with E-state index in [4.69, 9.17) is 0 Å². The minimum absolute atomic E-state index is 0.281. The van der Waals surface area contributed by atoms with E-state index in [2.05, 4.69) is 10.2 Å². The SMILES string of the molecule is FC(F)(F)c1ccc([C@H](C2CCC2)N2CCNCC2)cc1. The molecule has 2 aliphatic rings. The van der Waals surface area contributed by atoms with E-state index in [1.165, 1.54) is 31.4 Å². The van der Waals surface area contributed by atoms with Gasteiger partial charge in [-0.05, 0) is 36.5 Å². The Morgan fingerprint density at radius 2 is 1.67 bits per heavy atom. The summed E-state index contributed by atoms with van der Waals surface area (Å²) < 4.78 is 38.1. The third-order valence-electron chi connectivity index (χ3n) is 4.72. The Hall–Kier alpha value is -1.07. The fourth-order valence-electron chi connectivity index (χ4n) is 3.37. The van der Waals surface area contributed by atoms with Gasteiger partial charge in [0.2, 0.25) is 0 Å². The van der Waals surface area contributed by atoms with E-state index < -0.39 is 11.7 Å². The lowest BCUT2D eigenvalue weighted by molar-refractivity contribution is -0.137. The molecule has 0 bridgehead atoms. The van der Waals surface area contributed by atoms with Gasteiger partial charge in [0, 0.05) is 32.2 Å². The van der Waals surface area contributed by atoms with Crippen molar-refractivity contribution in [3.8, 4) is 0 Å². The van der Waals surface area contributed by atoms with Gasteiger partial charge in [-0.1, -0.05) is 18.6 Å². The zero-order valence-electron chi connectivity index (χ0n) is 12.0. The van der Waals surface area contributed by atoms with E-state index in [0.717, 1.165) is 31.7 Å². The van der Waals surface area contributed by atoms with Crippen LogP contribution in [0.4, 0.5) is 13.2 Å². The standard InChI is InChI=1S/C16H21F3N2/c17-16(18,19)14-6-4-13(5-7-14)15(12-2-1-3-12)21-10-8-20-9-11-21/h4-7,12,15,20H,1-3,8-11H2/t15-/m0/s1. The molecular formula is C16H21F3N2. The summed E-state index contributed by atoms with van der Waals surface area (Å²) in [6.07, 6.45) is -0.626. The Bertz CT molecular complexity index is 459. The largest absolute Gasteiger partial charge is 0.416 e. The zero-order valence-corrected chi connectivity index (χ0v) is 12.0. The molecule has 1 aromatic rings. The Morgan fingerprint density at radius 3 is 2.14 bits per heavy atom. The van der Waals surface area contributed by atoms with Crippen LogP contribution in [0.2, 0.25) is 0 Å². The maximum Gasteiger partial charge on any atom is 0.416 e. The third kappa shape index (κ3) is 3.24. The smallest absolute Gasteiger partial charge is 0.314 e. The van der Waals surface area contributed by atoms with Crippen molar-refractivity contribution in [1.29, 1.82) is 0 Å². The highest BCUT2D eigenvalue weighted by Gasteiger charge is 2.35. The van der Waals surface area contributed by atoms with Gasteiger partial charge in [0.05, 0.1) is 5.56 Å². The molecule has 3 rings (SSSR count). The molecule has 1 atom stereocenters. The van der Waals surface area contributed by atoms with Gasteiger partial charge < -0.3 is 5.32 Å². The average Bonchev–Trinajstić information content (AvgIpc) is 2.43. The first kappa shape index (κ1) is 14.9. The van der Waals surface area contributed by atoms with Crippen LogP contribution in [0.3, 0.4) is 0 Å². The summed E-state index contributed by atoms with van der Waals surface area (Å²) in [5.74, 6) is 0.597. The van der Waals surface area contributed by atoms with Crippen molar-refractivity contribution in [2.75, 3.05) is 26.2 Å². The molecule has 1 saturated carbocycles. The molecule has 1 heterocycles. The monoisotopic (exact) mass is 298 g/mol. The van der Waals surface area contributed by atoms with Gasteiger partial charge >= 0.3 is 6.18 Å². The summed E-state index contributed by atoms with van der Waals surface area (Å²) in [5, 5.41) is 3.33. The number of benzene rings is 1. The van der Waals surface area contributed by atoms with Crippen molar-refractivity contribution >= 4 is 0 Å². The molecule has 0 aromatic heterocycles. The second-order valence-electron chi connectivity index (χ2n) is 6.04. The zero-order chi connectivity index (χ0) is 14.9. The number of alkyl halides is 3. The number of rotatable bonds is 3. The maximum absolute atomic E-state index is 12.7. The van der Waals surface area contributed by atoms with Crippen molar-refractivity contribution < 1.29 is 13.2 Å². The van der Waals surface area contributed by atoms with E-state index >= 15 is 0 Å². The Balaban J connectivity index is 1.82. The van der Waals surface area contributed by atoms with Gasteiger partial charge in [0.15, 0.2) is 0 Å². The van der Waals surface area contributed by atoms with Crippen LogP contribution in [0.25, 0.3) is 0 Å². The second-order valence-corrected chi connectivity index (χ2v) is 6.04. The maximum atomic E-state index is 12.7. The molecule has 0 unspecified atom stereocenters. The molecule has 21 heavy (non-hydrogen) atoms. The van der Waals surface area contributed by atoms with Crippen molar-refractivity contribution in [1.82, 2.24) is 10.2 Å². The van der Waals surface area contributed by atoms with Gasteiger partial charge in [-0.15, -0.1) is 0 Å². The molecule has 1 aliphatic carbocycles. The lowest BCUT2D eigenvalue weighted by atomic mass is 9.76. The third-order valence-corrected chi connectivity index (χ3v) is 4.72. The first-order valence-electron chi connectivity index (χ1n) is 7.67.